The number of anilines is 3. The van der Waals surface area contributed by atoms with Gasteiger partial charge in [0.25, 0.3) is 0 Å². The lowest BCUT2D eigenvalue weighted by Gasteiger charge is -2.32. The smallest absolute Gasteiger partial charge is 0.0640 e. The summed E-state index contributed by atoms with van der Waals surface area (Å²) in [6.07, 6.45) is 0. The Bertz CT molecular complexity index is 3310. The van der Waals surface area contributed by atoms with Gasteiger partial charge >= 0.3 is 0 Å². The summed E-state index contributed by atoms with van der Waals surface area (Å²) in [4.78, 5) is 2.54. The van der Waals surface area contributed by atoms with E-state index in [0.29, 0.717) is 0 Å². The maximum absolute atomic E-state index is 2.54. The van der Waals surface area contributed by atoms with Crippen molar-refractivity contribution >= 4 is 48.6 Å². The highest BCUT2D eigenvalue weighted by Gasteiger charge is 2.42. The zero-order valence-corrected chi connectivity index (χ0v) is 34.4. The number of hydrogen-bond donors (Lipinski definition) is 0. The van der Waals surface area contributed by atoms with E-state index in [1.807, 2.05) is 11.3 Å². The molecule has 9 aromatic carbocycles. The summed E-state index contributed by atoms with van der Waals surface area (Å²) in [6, 6.07) is 79.1. The summed E-state index contributed by atoms with van der Waals surface area (Å²) in [7, 11) is 0. The number of para-hydroxylation sites is 1. The Morgan fingerprint density at radius 2 is 0.867 bits per heavy atom. The van der Waals surface area contributed by atoms with E-state index in [2.05, 4.69) is 231 Å². The van der Waals surface area contributed by atoms with Crippen LogP contribution in [-0.2, 0) is 10.8 Å². The van der Waals surface area contributed by atoms with Crippen molar-refractivity contribution in [1.82, 2.24) is 0 Å². The largest absolute Gasteiger partial charge is 0.308 e. The van der Waals surface area contributed by atoms with Crippen LogP contribution in [0.15, 0.2) is 212 Å². The molecule has 2 unspecified atom stereocenters. The molecule has 2 aliphatic carbocycles. The van der Waals surface area contributed by atoms with Gasteiger partial charge in [-0.2, -0.15) is 0 Å². The lowest BCUT2D eigenvalue weighted by molar-refractivity contribution is 0.714. The van der Waals surface area contributed by atoms with Gasteiger partial charge in [0.05, 0.1) is 16.1 Å². The average molecular weight is 784 g/mol. The molecule has 0 bridgehead atoms. The number of benzene rings is 9. The number of hydrogen-bond acceptors (Lipinski definition) is 2. The Morgan fingerprint density at radius 3 is 1.55 bits per heavy atom. The quantitative estimate of drug-likeness (QED) is 0.162. The zero-order chi connectivity index (χ0) is 40.0. The summed E-state index contributed by atoms with van der Waals surface area (Å²) < 4.78 is 2.58. The van der Waals surface area contributed by atoms with E-state index in [9.17, 15) is 0 Å². The topological polar surface area (TPSA) is 3.24 Å². The first kappa shape index (κ1) is 35.0. The van der Waals surface area contributed by atoms with Gasteiger partial charge in [0.1, 0.15) is 0 Å². The summed E-state index contributed by atoms with van der Waals surface area (Å²) in [5.74, 6) is 0. The molecule has 0 N–H and O–H groups in total. The molecule has 0 amide bonds. The molecule has 2 heteroatoms. The first-order valence-electron chi connectivity index (χ1n) is 20.9. The minimum absolute atomic E-state index is 0.294. The molecule has 60 heavy (non-hydrogen) atoms. The number of nitrogens with zero attached hydrogens (tertiary/aromatic N) is 1. The SMILES string of the molecule is CC1(c2ccccc2)c2ccccc2-c2ccc(-c3ccccc3N(c3ccc4c(c3)C(C)(c3ccccc3)c3ccccc3-4)c3cccc4c3sc3ccccc34)cc21. The molecule has 1 aromatic heterocycles. The predicted molar refractivity (Wildman–Crippen MR) is 254 cm³/mol. The van der Waals surface area contributed by atoms with E-state index in [4.69, 9.17) is 0 Å². The molecule has 1 nitrogen and oxygen atoms in total. The third-order valence-electron chi connectivity index (χ3n) is 13.7. The first-order valence-corrected chi connectivity index (χ1v) is 21.7. The summed E-state index contributed by atoms with van der Waals surface area (Å²) in [5.41, 5.74) is 18.5. The van der Waals surface area contributed by atoms with E-state index in [1.54, 1.807) is 0 Å². The van der Waals surface area contributed by atoms with Crippen molar-refractivity contribution in [3.05, 3.63) is 246 Å². The van der Waals surface area contributed by atoms with Gasteiger partial charge in [-0.15, -0.1) is 11.3 Å². The van der Waals surface area contributed by atoms with Crippen molar-refractivity contribution in [2.24, 2.45) is 0 Å². The molecule has 284 valence electrons. The molecule has 0 spiro atoms. The highest BCUT2D eigenvalue weighted by Crippen LogP contribution is 2.56. The molecule has 0 saturated heterocycles. The minimum atomic E-state index is -0.325. The lowest BCUT2D eigenvalue weighted by Crippen LogP contribution is -2.23. The molecular weight excluding hydrogens is 743 g/mol. The Morgan fingerprint density at radius 1 is 0.367 bits per heavy atom. The number of thiophene rings is 1. The van der Waals surface area contributed by atoms with Crippen molar-refractivity contribution in [2.45, 2.75) is 24.7 Å². The van der Waals surface area contributed by atoms with Crippen LogP contribution in [0.2, 0.25) is 0 Å². The molecular formula is C58H41NS. The second kappa shape index (κ2) is 13.3. The fourth-order valence-corrected chi connectivity index (χ4v) is 11.9. The standard InChI is InChI=1S/C58H41NS/c1-57(39-18-5-3-6-19-39)49-27-13-9-23-43(49)45-34-32-38(36-51(45)57)42-22-11-15-29-53(42)59(54-30-17-26-48-47-25-12-16-31-55(47)60-56(48)54)41-33-35-46-44-24-10-14-28-50(44)58(2,52(46)37-41)40-20-7-4-8-21-40/h3-37H,1-2H3. The van der Waals surface area contributed by atoms with Crippen LogP contribution in [0, 0.1) is 0 Å². The van der Waals surface area contributed by atoms with Crippen molar-refractivity contribution in [1.29, 1.82) is 0 Å². The van der Waals surface area contributed by atoms with E-state index < -0.39 is 0 Å². The van der Waals surface area contributed by atoms with Crippen molar-refractivity contribution in [3.63, 3.8) is 0 Å². The molecule has 0 aliphatic heterocycles. The van der Waals surface area contributed by atoms with E-state index in [-0.39, 0.29) is 10.8 Å². The predicted octanol–water partition coefficient (Wildman–Crippen LogP) is 15.9. The third kappa shape index (κ3) is 4.92. The van der Waals surface area contributed by atoms with Gasteiger partial charge in [-0.1, -0.05) is 176 Å². The van der Waals surface area contributed by atoms with Gasteiger partial charge in [-0.3, -0.25) is 0 Å². The Labute approximate surface area is 355 Å². The average Bonchev–Trinajstić information content (AvgIpc) is 3.92. The van der Waals surface area contributed by atoms with Crippen molar-refractivity contribution < 1.29 is 0 Å². The third-order valence-corrected chi connectivity index (χ3v) is 14.9. The summed E-state index contributed by atoms with van der Waals surface area (Å²) >= 11 is 1.88. The van der Waals surface area contributed by atoms with Crippen LogP contribution in [-0.4, -0.2) is 0 Å². The maximum Gasteiger partial charge on any atom is 0.0640 e. The second-order valence-electron chi connectivity index (χ2n) is 16.7. The number of rotatable bonds is 6. The fraction of sp³-hybridized carbons (Fsp3) is 0.0690. The molecule has 2 atom stereocenters. The maximum atomic E-state index is 2.54. The normalized spacial score (nSPS) is 17.3. The Kier molecular flexibility index (Phi) is 7.73. The van der Waals surface area contributed by atoms with Crippen molar-refractivity contribution in [2.75, 3.05) is 4.90 Å². The van der Waals surface area contributed by atoms with Crippen molar-refractivity contribution in [3.8, 4) is 33.4 Å². The van der Waals surface area contributed by atoms with Crippen LogP contribution < -0.4 is 4.90 Å². The highest BCUT2D eigenvalue weighted by molar-refractivity contribution is 7.26. The molecule has 0 fully saturated rings. The van der Waals surface area contributed by atoms with Gasteiger partial charge in [0.15, 0.2) is 0 Å². The number of fused-ring (bicyclic) bond motifs is 9. The van der Waals surface area contributed by atoms with Gasteiger partial charge < -0.3 is 4.90 Å². The lowest BCUT2D eigenvalue weighted by atomic mass is 9.74. The summed E-state index contributed by atoms with van der Waals surface area (Å²) in [6.45, 7) is 4.82. The molecule has 0 saturated carbocycles. The summed E-state index contributed by atoms with van der Waals surface area (Å²) in [5, 5.41) is 2.58. The van der Waals surface area contributed by atoms with E-state index >= 15 is 0 Å². The first-order chi connectivity index (χ1) is 29.5. The van der Waals surface area contributed by atoms with Gasteiger partial charge in [0.2, 0.25) is 0 Å². The monoisotopic (exact) mass is 783 g/mol. The van der Waals surface area contributed by atoms with Crippen LogP contribution in [0.1, 0.15) is 47.2 Å². The molecule has 12 rings (SSSR count). The highest BCUT2D eigenvalue weighted by atomic mass is 32.1. The van der Waals surface area contributed by atoms with Crippen LogP contribution in [0.25, 0.3) is 53.6 Å². The van der Waals surface area contributed by atoms with Crippen LogP contribution in [0.4, 0.5) is 17.1 Å². The van der Waals surface area contributed by atoms with Gasteiger partial charge in [0, 0.05) is 37.6 Å². The minimum Gasteiger partial charge on any atom is -0.308 e. The molecule has 10 aromatic rings. The van der Waals surface area contributed by atoms with Crippen LogP contribution in [0.3, 0.4) is 0 Å². The molecule has 0 radical (unpaired) electrons. The Hall–Kier alpha value is -7.00. The fourth-order valence-electron chi connectivity index (χ4n) is 10.7. The van der Waals surface area contributed by atoms with Gasteiger partial charge in [-0.25, -0.2) is 0 Å². The molecule has 2 aliphatic rings. The van der Waals surface area contributed by atoms with Gasteiger partial charge in [-0.05, 0) is 111 Å². The zero-order valence-electron chi connectivity index (χ0n) is 33.6. The van der Waals surface area contributed by atoms with E-state index in [0.717, 1.165) is 11.4 Å². The van der Waals surface area contributed by atoms with Crippen LogP contribution >= 0.6 is 11.3 Å². The van der Waals surface area contributed by atoms with Crippen LogP contribution in [0.5, 0.6) is 0 Å². The Balaban J connectivity index is 1.11. The molecule has 1 heterocycles. The van der Waals surface area contributed by atoms with E-state index in [1.165, 1.54) is 92.6 Å². The second-order valence-corrected chi connectivity index (χ2v) is 17.7.